The highest BCUT2D eigenvalue weighted by molar-refractivity contribution is 6.07. The van der Waals surface area contributed by atoms with E-state index in [0.717, 1.165) is 16.3 Å². The van der Waals surface area contributed by atoms with Crippen LogP contribution in [0, 0.1) is 32.1 Å². The van der Waals surface area contributed by atoms with Crippen molar-refractivity contribution >= 4 is 21.5 Å². The quantitative estimate of drug-likeness (QED) is 0.522. The van der Waals surface area contributed by atoms with Crippen LogP contribution in [0.1, 0.15) is 22.3 Å². The van der Waals surface area contributed by atoms with Gasteiger partial charge in [0.05, 0.1) is 5.56 Å². The van der Waals surface area contributed by atoms with Crippen molar-refractivity contribution in [2.45, 2.75) is 20.8 Å². The van der Waals surface area contributed by atoms with E-state index < -0.39 is 0 Å². The van der Waals surface area contributed by atoms with Gasteiger partial charge in [-0.1, -0.05) is 30.3 Å². The Hall–Kier alpha value is -2.33. The van der Waals surface area contributed by atoms with Crippen LogP contribution in [-0.2, 0) is 0 Å². The van der Waals surface area contributed by atoms with Crippen LogP contribution in [0.3, 0.4) is 0 Å². The Balaban J connectivity index is 2.67. The van der Waals surface area contributed by atoms with Crippen LogP contribution in [-0.4, -0.2) is 0 Å². The molecule has 19 heavy (non-hydrogen) atoms. The van der Waals surface area contributed by atoms with Gasteiger partial charge in [0.15, 0.2) is 0 Å². The minimum atomic E-state index is 0.791. The van der Waals surface area contributed by atoms with Gasteiger partial charge in [-0.3, -0.25) is 0 Å². The molecule has 0 unspecified atom stereocenters. The maximum atomic E-state index is 9.53. The number of fused-ring (bicyclic) bond motifs is 2. The zero-order valence-corrected chi connectivity index (χ0v) is 11.4. The molecule has 3 rings (SSSR count). The van der Waals surface area contributed by atoms with Gasteiger partial charge in [0.2, 0.25) is 0 Å². The van der Waals surface area contributed by atoms with Crippen LogP contribution >= 0.6 is 0 Å². The molecule has 92 valence electrons. The van der Waals surface area contributed by atoms with Crippen molar-refractivity contribution in [1.29, 1.82) is 5.26 Å². The molecule has 3 aromatic carbocycles. The minimum absolute atomic E-state index is 0.791. The van der Waals surface area contributed by atoms with Gasteiger partial charge in [-0.15, -0.1) is 0 Å². The number of rotatable bonds is 0. The average molecular weight is 245 g/mol. The maximum Gasteiger partial charge on any atom is 0.100 e. The van der Waals surface area contributed by atoms with Crippen LogP contribution in [0.25, 0.3) is 21.5 Å². The van der Waals surface area contributed by atoms with Gasteiger partial charge in [-0.2, -0.15) is 5.26 Å². The molecule has 0 N–H and O–H groups in total. The van der Waals surface area contributed by atoms with Crippen LogP contribution in [0.15, 0.2) is 36.4 Å². The summed E-state index contributed by atoms with van der Waals surface area (Å²) in [5.41, 5.74) is 4.56. The Kier molecular flexibility index (Phi) is 2.54. The summed E-state index contributed by atoms with van der Waals surface area (Å²) in [5.74, 6) is 0. The number of nitriles is 1. The summed E-state index contributed by atoms with van der Waals surface area (Å²) in [5, 5.41) is 14.0. The van der Waals surface area contributed by atoms with E-state index in [1.165, 1.54) is 27.5 Å². The second kappa shape index (κ2) is 4.10. The van der Waals surface area contributed by atoms with Crippen molar-refractivity contribution < 1.29 is 0 Å². The van der Waals surface area contributed by atoms with Gasteiger partial charge < -0.3 is 0 Å². The molecule has 0 heterocycles. The largest absolute Gasteiger partial charge is 0.192 e. The molecule has 0 saturated carbocycles. The highest BCUT2D eigenvalue weighted by atomic mass is 14.3. The normalized spacial score (nSPS) is 10.8. The van der Waals surface area contributed by atoms with E-state index in [9.17, 15) is 5.26 Å². The first-order valence-electron chi connectivity index (χ1n) is 6.46. The molecule has 1 heteroatoms. The van der Waals surface area contributed by atoms with E-state index in [0.29, 0.717) is 0 Å². The lowest BCUT2D eigenvalue weighted by atomic mass is 9.90. The molecule has 0 saturated heterocycles. The summed E-state index contributed by atoms with van der Waals surface area (Å²) in [6, 6.07) is 14.9. The van der Waals surface area contributed by atoms with Crippen molar-refractivity contribution in [3.63, 3.8) is 0 Å². The lowest BCUT2D eigenvalue weighted by Crippen LogP contribution is -1.91. The Bertz CT molecular complexity index is 851. The predicted octanol–water partition coefficient (Wildman–Crippen LogP) is 4.79. The smallest absolute Gasteiger partial charge is 0.100 e. The molecule has 0 bridgehead atoms. The van der Waals surface area contributed by atoms with E-state index in [4.69, 9.17) is 0 Å². The van der Waals surface area contributed by atoms with Gasteiger partial charge in [0, 0.05) is 10.8 Å². The summed E-state index contributed by atoms with van der Waals surface area (Å²) in [6.45, 7) is 6.36. The molecule has 0 aromatic heterocycles. The molecular weight excluding hydrogens is 230 g/mol. The third-order valence-electron chi connectivity index (χ3n) is 4.02. The fourth-order valence-electron chi connectivity index (χ4n) is 2.77. The Morgan fingerprint density at radius 3 is 2.00 bits per heavy atom. The highest BCUT2D eigenvalue weighted by Crippen LogP contribution is 2.33. The van der Waals surface area contributed by atoms with Crippen molar-refractivity contribution in [3.8, 4) is 6.07 Å². The lowest BCUT2D eigenvalue weighted by Gasteiger charge is -2.12. The summed E-state index contributed by atoms with van der Waals surface area (Å²) >= 11 is 0. The molecule has 1 nitrogen and oxygen atoms in total. The predicted molar refractivity (Wildman–Crippen MR) is 80.4 cm³/mol. The van der Waals surface area contributed by atoms with Crippen LogP contribution in [0.5, 0.6) is 0 Å². The van der Waals surface area contributed by atoms with E-state index in [2.05, 4.69) is 45.0 Å². The Morgan fingerprint density at radius 2 is 1.37 bits per heavy atom. The fraction of sp³-hybridized carbons (Fsp3) is 0.167. The number of hydrogen-bond donors (Lipinski definition) is 0. The topological polar surface area (TPSA) is 23.8 Å². The fourth-order valence-corrected chi connectivity index (χ4v) is 2.77. The van der Waals surface area contributed by atoms with E-state index >= 15 is 0 Å². The van der Waals surface area contributed by atoms with Gasteiger partial charge in [-0.05, 0) is 54.3 Å². The molecule has 0 aliphatic carbocycles. The van der Waals surface area contributed by atoms with E-state index in [1.54, 1.807) is 0 Å². The van der Waals surface area contributed by atoms with Gasteiger partial charge in [0.1, 0.15) is 6.07 Å². The zero-order valence-electron chi connectivity index (χ0n) is 11.4. The molecule has 0 atom stereocenters. The Labute approximate surface area is 113 Å². The van der Waals surface area contributed by atoms with Crippen molar-refractivity contribution in [3.05, 3.63) is 58.7 Å². The molecule has 0 radical (unpaired) electrons. The molecule has 0 spiro atoms. The highest BCUT2D eigenvalue weighted by Gasteiger charge is 2.11. The van der Waals surface area contributed by atoms with E-state index in [-0.39, 0.29) is 0 Å². The number of nitrogens with zero attached hydrogens (tertiary/aromatic N) is 1. The summed E-state index contributed by atoms with van der Waals surface area (Å²) < 4.78 is 0. The van der Waals surface area contributed by atoms with Crippen LogP contribution < -0.4 is 0 Å². The monoisotopic (exact) mass is 245 g/mol. The SMILES string of the molecule is Cc1cc2c(C)c3ccccc3c(C#N)c2cc1C. The number of hydrogen-bond acceptors (Lipinski definition) is 1. The first-order chi connectivity index (χ1) is 9.13. The van der Waals surface area contributed by atoms with Crippen molar-refractivity contribution in [2.75, 3.05) is 0 Å². The minimum Gasteiger partial charge on any atom is -0.192 e. The van der Waals surface area contributed by atoms with Crippen LogP contribution in [0.4, 0.5) is 0 Å². The Morgan fingerprint density at radius 1 is 0.789 bits per heavy atom. The van der Waals surface area contributed by atoms with Gasteiger partial charge in [0.25, 0.3) is 0 Å². The molecular formula is C18H15N. The molecule has 0 amide bonds. The zero-order chi connectivity index (χ0) is 13.6. The maximum absolute atomic E-state index is 9.53. The lowest BCUT2D eigenvalue weighted by molar-refractivity contribution is 1.36. The number of aryl methyl sites for hydroxylation is 3. The molecule has 0 fully saturated rings. The second-order valence-corrected chi connectivity index (χ2v) is 5.14. The van der Waals surface area contributed by atoms with Crippen LogP contribution in [0.2, 0.25) is 0 Å². The first kappa shape index (κ1) is 11.7. The third kappa shape index (κ3) is 1.61. The third-order valence-corrected chi connectivity index (χ3v) is 4.02. The molecule has 0 aliphatic heterocycles. The standard InChI is InChI=1S/C18H15N/c1-11-8-16-13(3)14-6-4-5-7-15(14)18(10-19)17(16)9-12(11)2/h4-9H,1-3H3. The van der Waals surface area contributed by atoms with E-state index in [1.807, 2.05) is 18.2 Å². The molecule has 0 aliphatic rings. The second-order valence-electron chi connectivity index (χ2n) is 5.14. The number of benzene rings is 3. The van der Waals surface area contributed by atoms with Gasteiger partial charge >= 0.3 is 0 Å². The summed E-state index contributed by atoms with van der Waals surface area (Å²) in [4.78, 5) is 0. The average Bonchev–Trinajstić information content (AvgIpc) is 2.42. The van der Waals surface area contributed by atoms with Gasteiger partial charge in [-0.25, -0.2) is 0 Å². The first-order valence-corrected chi connectivity index (χ1v) is 6.46. The van der Waals surface area contributed by atoms with Crippen molar-refractivity contribution in [1.82, 2.24) is 0 Å². The summed E-state index contributed by atoms with van der Waals surface area (Å²) in [6.07, 6.45) is 0. The summed E-state index contributed by atoms with van der Waals surface area (Å²) in [7, 11) is 0. The molecule has 3 aromatic rings. The van der Waals surface area contributed by atoms with Crippen molar-refractivity contribution in [2.24, 2.45) is 0 Å².